The summed E-state index contributed by atoms with van der Waals surface area (Å²) in [7, 11) is 0. The maximum atomic E-state index is 11.5. The molecule has 0 amide bonds. The Labute approximate surface area is 116 Å². The van der Waals surface area contributed by atoms with E-state index in [1.165, 1.54) is 12.8 Å². The third-order valence-electron chi connectivity index (χ3n) is 4.72. The highest BCUT2D eigenvalue weighted by atomic mass is 16.4. The number of rotatable bonds is 3. The molecule has 2 fully saturated rings. The molecule has 0 bridgehead atoms. The normalized spacial score (nSPS) is 31.3. The SMILES string of the molecule is CC(C)N1CCC(N2CCCCCCC2C(=O)O)C1. The van der Waals surface area contributed by atoms with Crippen molar-refractivity contribution >= 4 is 5.97 Å². The Balaban J connectivity index is 2.03. The number of carboxylic acid groups (broad SMARTS) is 1. The van der Waals surface area contributed by atoms with Gasteiger partial charge < -0.3 is 5.11 Å². The van der Waals surface area contributed by atoms with Gasteiger partial charge >= 0.3 is 5.97 Å². The van der Waals surface area contributed by atoms with Gasteiger partial charge in [0.25, 0.3) is 0 Å². The number of hydrogen-bond acceptors (Lipinski definition) is 3. The molecule has 110 valence electrons. The predicted octanol–water partition coefficient (Wildman–Crippen LogP) is 2.19. The van der Waals surface area contributed by atoms with Gasteiger partial charge in [0.15, 0.2) is 0 Å². The lowest BCUT2D eigenvalue weighted by atomic mass is 9.99. The molecular formula is C15H28N2O2. The molecule has 0 radical (unpaired) electrons. The molecule has 0 aromatic carbocycles. The molecule has 2 atom stereocenters. The maximum Gasteiger partial charge on any atom is 0.320 e. The summed E-state index contributed by atoms with van der Waals surface area (Å²) in [6, 6.07) is 0.766. The van der Waals surface area contributed by atoms with Crippen molar-refractivity contribution in [2.45, 2.75) is 70.5 Å². The third-order valence-corrected chi connectivity index (χ3v) is 4.72. The van der Waals surface area contributed by atoms with Gasteiger partial charge in [-0.15, -0.1) is 0 Å². The zero-order chi connectivity index (χ0) is 13.8. The Morgan fingerprint density at radius 2 is 1.84 bits per heavy atom. The fourth-order valence-electron chi connectivity index (χ4n) is 3.52. The average molecular weight is 268 g/mol. The molecule has 0 aliphatic carbocycles. The van der Waals surface area contributed by atoms with E-state index in [9.17, 15) is 9.90 Å². The molecule has 0 aromatic rings. The van der Waals surface area contributed by atoms with Crippen molar-refractivity contribution in [3.05, 3.63) is 0 Å². The van der Waals surface area contributed by atoms with E-state index in [0.717, 1.165) is 45.3 Å². The lowest BCUT2D eigenvalue weighted by Gasteiger charge is -2.36. The number of carboxylic acids is 1. The molecule has 2 heterocycles. The third kappa shape index (κ3) is 3.69. The first-order valence-corrected chi connectivity index (χ1v) is 7.82. The summed E-state index contributed by atoms with van der Waals surface area (Å²) in [6.07, 6.45) is 6.62. The Kier molecular flexibility index (Phi) is 5.22. The average Bonchev–Trinajstić information content (AvgIpc) is 2.77. The van der Waals surface area contributed by atoms with Crippen molar-refractivity contribution in [3.63, 3.8) is 0 Å². The molecular weight excluding hydrogens is 240 g/mol. The topological polar surface area (TPSA) is 43.8 Å². The van der Waals surface area contributed by atoms with Crippen molar-refractivity contribution in [1.29, 1.82) is 0 Å². The summed E-state index contributed by atoms with van der Waals surface area (Å²) >= 11 is 0. The minimum atomic E-state index is -0.620. The highest BCUT2D eigenvalue weighted by molar-refractivity contribution is 5.73. The lowest BCUT2D eigenvalue weighted by Crippen LogP contribution is -2.49. The second kappa shape index (κ2) is 6.71. The molecule has 2 unspecified atom stereocenters. The first-order valence-electron chi connectivity index (χ1n) is 7.82. The monoisotopic (exact) mass is 268 g/mol. The van der Waals surface area contributed by atoms with E-state index in [1.807, 2.05) is 0 Å². The lowest BCUT2D eigenvalue weighted by molar-refractivity contribution is -0.145. The van der Waals surface area contributed by atoms with Crippen LogP contribution >= 0.6 is 0 Å². The van der Waals surface area contributed by atoms with E-state index in [0.29, 0.717) is 12.1 Å². The zero-order valence-electron chi connectivity index (χ0n) is 12.3. The zero-order valence-corrected chi connectivity index (χ0v) is 12.3. The predicted molar refractivity (Wildman–Crippen MR) is 76.3 cm³/mol. The van der Waals surface area contributed by atoms with Crippen LogP contribution in [-0.4, -0.2) is 58.6 Å². The van der Waals surface area contributed by atoms with E-state index in [4.69, 9.17) is 0 Å². The molecule has 2 aliphatic rings. The summed E-state index contributed by atoms with van der Waals surface area (Å²) in [5, 5.41) is 9.51. The Hall–Kier alpha value is -0.610. The van der Waals surface area contributed by atoms with Crippen LogP contribution < -0.4 is 0 Å². The Morgan fingerprint density at radius 1 is 1.11 bits per heavy atom. The second-order valence-electron chi connectivity index (χ2n) is 6.33. The van der Waals surface area contributed by atoms with Crippen LogP contribution in [0.4, 0.5) is 0 Å². The van der Waals surface area contributed by atoms with Crippen LogP contribution in [0.5, 0.6) is 0 Å². The van der Waals surface area contributed by atoms with Gasteiger partial charge in [-0.1, -0.05) is 19.3 Å². The van der Waals surface area contributed by atoms with E-state index in [-0.39, 0.29) is 6.04 Å². The summed E-state index contributed by atoms with van der Waals surface area (Å²) in [5.74, 6) is -0.620. The van der Waals surface area contributed by atoms with E-state index in [2.05, 4.69) is 23.6 Å². The van der Waals surface area contributed by atoms with Crippen molar-refractivity contribution < 1.29 is 9.90 Å². The number of likely N-dealkylation sites (tertiary alicyclic amines) is 2. The quantitative estimate of drug-likeness (QED) is 0.852. The van der Waals surface area contributed by atoms with Crippen LogP contribution in [0.25, 0.3) is 0 Å². The van der Waals surface area contributed by atoms with Crippen LogP contribution in [0.15, 0.2) is 0 Å². The first-order chi connectivity index (χ1) is 9.09. The number of aliphatic carboxylic acids is 1. The fourth-order valence-corrected chi connectivity index (χ4v) is 3.52. The van der Waals surface area contributed by atoms with E-state index < -0.39 is 5.97 Å². The van der Waals surface area contributed by atoms with Crippen LogP contribution in [0.3, 0.4) is 0 Å². The molecule has 4 heteroatoms. The molecule has 2 rings (SSSR count). The highest BCUT2D eigenvalue weighted by Crippen LogP contribution is 2.25. The number of carbonyl (C=O) groups is 1. The van der Waals surface area contributed by atoms with E-state index >= 15 is 0 Å². The molecule has 2 saturated heterocycles. The number of nitrogens with zero attached hydrogens (tertiary/aromatic N) is 2. The smallest absolute Gasteiger partial charge is 0.320 e. The first kappa shape index (κ1) is 14.8. The highest BCUT2D eigenvalue weighted by Gasteiger charge is 2.35. The molecule has 0 saturated carbocycles. The second-order valence-corrected chi connectivity index (χ2v) is 6.33. The van der Waals surface area contributed by atoms with Gasteiger partial charge in [0.1, 0.15) is 6.04 Å². The van der Waals surface area contributed by atoms with Crippen molar-refractivity contribution in [2.24, 2.45) is 0 Å². The van der Waals surface area contributed by atoms with Crippen molar-refractivity contribution in [2.75, 3.05) is 19.6 Å². The molecule has 4 nitrogen and oxygen atoms in total. The van der Waals surface area contributed by atoms with Gasteiger partial charge in [0.2, 0.25) is 0 Å². The fraction of sp³-hybridized carbons (Fsp3) is 0.933. The van der Waals surface area contributed by atoms with Gasteiger partial charge in [-0.25, -0.2) is 0 Å². The van der Waals surface area contributed by atoms with Gasteiger partial charge in [-0.2, -0.15) is 0 Å². The van der Waals surface area contributed by atoms with Gasteiger partial charge in [-0.3, -0.25) is 14.6 Å². The summed E-state index contributed by atoms with van der Waals surface area (Å²) in [5.41, 5.74) is 0. The molecule has 0 spiro atoms. The van der Waals surface area contributed by atoms with Gasteiger partial charge in [-0.05, 0) is 39.7 Å². The Morgan fingerprint density at radius 3 is 2.47 bits per heavy atom. The molecule has 1 N–H and O–H groups in total. The van der Waals surface area contributed by atoms with Crippen LogP contribution in [0.1, 0.15) is 52.4 Å². The van der Waals surface area contributed by atoms with Crippen molar-refractivity contribution in [3.8, 4) is 0 Å². The van der Waals surface area contributed by atoms with Crippen LogP contribution in [0, 0.1) is 0 Å². The van der Waals surface area contributed by atoms with Crippen LogP contribution in [-0.2, 0) is 4.79 Å². The Bertz CT molecular complexity index is 307. The summed E-state index contributed by atoms with van der Waals surface area (Å²) in [6.45, 7) is 7.58. The number of hydrogen-bond donors (Lipinski definition) is 1. The van der Waals surface area contributed by atoms with Crippen molar-refractivity contribution in [1.82, 2.24) is 9.80 Å². The molecule has 2 aliphatic heterocycles. The summed E-state index contributed by atoms with van der Waals surface area (Å²) in [4.78, 5) is 16.3. The minimum Gasteiger partial charge on any atom is -0.480 e. The largest absolute Gasteiger partial charge is 0.480 e. The molecule has 19 heavy (non-hydrogen) atoms. The van der Waals surface area contributed by atoms with Gasteiger partial charge in [0, 0.05) is 25.2 Å². The summed E-state index contributed by atoms with van der Waals surface area (Å²) < 4.78 is 0. The molecule has 0 aromatic heterocycles. The van der Waals surface area contributed by atoms with E-state index in [1.54, 1.807) is 0 Å². The maximum absolute atomic E-state index is 11.5. The van der Waals surface area contributed by atoms with Crippen LogP contribution in [0.2, 0.25) is 0 Å². The minimum absolute atomic E-state index is 0.252. The standard InChI is InChI=1S/C15H28N2O2/c1-12(2)16-10-8-13(11-16)17-9-6-4-3-5-7-14(17)15(18)19/h12-14H,3-11H2,1-2H3,(H,18,19). The van der Waals surface area contributed by atoms with Gasteiger partial charge in [0.05, 0.1) is 0 Å².